The molecule has 0 radical (unpaired) electrons. The van der Waals surface area contributed by atoms with Gasteiger partial charge in [-0.1, -0.05) is 19.3 Å². The molecule has 1 saturated carbocycles. The zero-order valence-electron chi connectivity index (χ0n) is 11.5. The Morgan fingerprint density at radius 2 is 1.90 bits per heavy atom. The molecule has 1 aliphatic rings. The molecule has 0 amide bonds. The van der Waals surface area contributed by atoms with Crippen LogP contribution in [0.3, 0.4) is 0 Å². The van der Waals surface area contributed by atoms with Gasteiger partial charge in [0.15, 0.2) is 0 Å². The Morgan fingerprint density at radius 3 is 2.40 bits per heavy atom. The minimum Gasteiger partial charge on any atom is -0.480 e. The van der Waals surface area contributed by atoms with Crippen molar-refractivity contribution in [3.63, 3.8) is 0 Å². The summed E-state index contributed by atoms with van der Waals surface area (Å²) >= 11 is 0. The van der Waals surface area contributed by atoms with Crippen LogP contribution in [0.2, 0.25) is 0 Å². The van der Waals surface area contributed by atoms with Gasteiger partial charge in [0.2, 0.25) is 10.0 Å². The Labute approximate surface area is 118 Å². The van der Waals surface area contributed by atoms with Crippen molar-refractivity contribution in [2.45, 2.75) is 56.2 Å². The first kappa shape index (κ1) is 16.9. The van der Waals surface area contributed by atoms with Crippen LogP contribution in [0.1, 0.15) is 44.9 Å². The number of aliphatic carboxylic acids is 1. The molecule has 0 aromatic carbocycles. The van der Waals surface area contributed by atoms with Crippen LogP contribution >= 0.6 is 0 Å². The molecule has 0 heterocycles. The fraction of sp³-hybridized carbons (Fsp3) is 0.833. The van der Waals surface area contributed by atoms with Crippen LogP contribution < -0.4 is 4.72 Å². The van der Waals surface area contributed by atoms with E-state index in [4.69, 9.17) is 5.11 Å². The van der Waals surface area contributed by atoms with Gasteiger partial charge >= 0.3 is 11.9 Å². The van der Waals surface area contributed by atoms with Gasteiger partial charge in [0.25, 0.3) is 0 Å². The summed E-state index contributed by atoms with van der Waals surface area (Å²) < 4.78 is 30.9. The van der Waals surface area contributed by atoms with E-state index in [0.717, 1.165) is 19.3 Å². The molecule has 20 heavy (non-hydrogen) atoms. The van der Waals surface area contributed by atoms with Gasteiger partial charge < -0.3 is 9.84 Å². The molecule has 116 valence electrons. The smallest absolute Gasteiger partial charge is 0.321 e. The number of carboxylic acids is 1. The second-order valence-electron chi connectivity index (χ2n) is 4.93. The number of carbonyl (C=O) groups excluding carboxylic acids is 1. The molecule has 2 N–H and O–H groups in total. The Bertz CT molecular complexity index is 441. The van der Waals surface area contributed by atoms with Crippen LogP contribution in [0.15, 0.2) is 0 Å². The van der Waals surface area contributed by atoms with E-state index < -0.39 is 33.3 Å². The van der Waals surface area contributed by atoms with Crippen molar-refractivity contribution >= 4 is 22.0 Å². The van der Waals surface area contributed by atoms with Crippen molar-refractivity contribution in [1.29, 1.82) is 0 Å². The standard InChI is InChI=1S/C12H21NO6S/c1-19-11(14)8-7-10(12(15)16)13-20(17,18)9-5-3-2-4-6-9/h9-10,13H,2-8H2,1H3,(H,15,16)/t10-/m1/s1. The number of methoxy groups -OCH3 is 1. The number of hydrogen-bond acceptors (Lipinski definition) is 5. The fourth-order valence-corrected chi connectivity index (χ4v) is 4.03. The van der Waals surface area contributed by atoms with Gasteiger partial charge in [-0.25, -0.2) is 13.1 Å². The maximum absolute atomic E-state index is 12.1. The molecule has 0 bridgehead atoms. The largest absolute Gasteiger partial charge is 0.480 e. The Hall–Kier alpha value is -1.15. The number of carbonyl (C=O) groups is 2. The molecule has 1 atom stereocenters. The van der Waals surface area contributed by atoms with Gasteiger partial charge in [-0.05, 0) is 19.3 Å². The van der Waals surface area contributed by atoms with Crippen LogP contribution in [-0.4, -0.2) is 43.9 Å². The van der Waals surface area contributed by atoms with Crippen molar-refractivity contribution in [2.24, 2.45) is 0 Å². The monoisotopic (exact) mass is 307 g/mol. The SMILES string of the molecule is COC(=O)CC[C@@H](NS(=O)(=O)C1CCCCC1)C(=O)O. The molecule has 0 unspecified atom stereocenters. The van der Waals surface area contributed by atoms with Crippen LogP contribution in [0.5, 0.6) is 0 Å². The van der Waals surface area contributed by atoms with E-state index in [9.17, 15) is 18.0 Å². The summed E-state index contributed by atoms with van der Waals surface area (Å²) in [6, 6.07) is -1.29. The topological polar surface area (TPSA) is 110 Å². The second kappa shape index (κ2) is 7.58. The molecule has 1 aliphatic carbocycles. The number of esters is 1. The number of hydrogen-bond donors (Lipinski definition) is 2. The molecule has 0 aromatic rings. The summed E-state index contributed by atoms with van der Waals surface area (Å²) in [4.78, 5) is 22.1. The van der Waals surface area contributed by atoms with E-state index in [1.165, 1.54) is 7.11 Å². The van der Waals surface area contributed by atoms with E-state index in [1.54, 1.807) is 0 Å². The highest BCUT2D eigenvalue weighted by Gasteiger charge is 2.32. The Morgan fingerprint density at radius 1 is 1.30 bits per heavy atom. The predicted molar refractivity (Wildman–Crippen MR) is 71.6 cm³/mol. The summed E-state index contributed by atoms with van der Waals surface area (Å²) in [6.45, 7) is 0. The Kier molecular flexibility index (Phi) is 6.41. The molecule has 1 fully saturated rings. The highest BCUT2D eigenvalue weighted by atomic mass is 32.2. The zero-order valence-corrected chi connectivity index (χ0v) is 12.3. The van der Waals surface area contributed by atoms with Gasteiger partial charge in [-0.2, -0.15) is 0 Å². The molecule has 8 heteroatoms. The minimum atomic E-state index is -3.67. The van der Waals surface area contributed by atoms with E-state index in [-0.39, 0.29) is 12.8 Å². The molecule has 0 saturated heterocycles. The van der Waals surface area contributed by atoms with Crippen molar-refractivity contribution in [1.82, 2.24) is 4.72 Å². The first-order valence-electron chi connectivity index (χ1n) is 6.67. The number of carboxylic acid groups (broad SMARTS) is 1. The maximum atomic E-state index is 12.1. The van der Waals surface area contributed by atoms with Crippen LogP contribution in [0.4, 0.5) is 0 Å². The first-order chi connectivity index (χ1) is 9.36. The number of sulfonamides is 1. The first-order valence-corrected chi connectivity index (χ1v) is 8.22. The van der Waals surface area contributed by atoms with Crippen molar-refractivity contribution in [3.8, 4) is 0 Å². The van der Waals surface area contributed by atoms with E-state index in [0.29, 0.717) is 12.8 Å². The van der Waals surface area contributed by atoms with Crippen molar-refractivity contribution in [2.75, 3.05) is 7.11 Å². The lowest BCUT2D eigenvalue weighted by molar-refractivity contribution is -0.142. The van der Waals surface area contributed by atoms with E-state index >= 15 is 0 Å². The summed E-state index contributed by atoms with van der Waals surface area (Å²) in [5, 5.41) is 8.51. The van der Waals surface area contributed by atoms with Crippen LogP contribution in [-0.2, 0) is 24.3 Å². The molecule has 7 nitrogen and oxygen atoms in total. The quantitative estimate of drug-likeness (QED) is 0.668. The van der Waals surface area contributed by atoms with Crippen LogP contribution in [0.25, 0.3) is 0 Å². The summed E-state index contributed by atoms with van der Waals surface area (Å²) in [6.07, 6.45) is 3.54. The van der Waals surface area contributed by atoms with Crippen molar-refractivity contribution in [3.05, 3.63) is 0 Å². The van der Waals surface area contributed by atoms with E-state index in [1.807, 2.05) is 0 Å². The average Bonchev–Trinajstić information content (AvgIpc) is 2.43. The predicted octanol–water partition coefficient (Wildman–Crippen LogP) is 0.645. The van der Waals surface area contributed by atoms with Gasteiger partial charge in [0.05, 0.1) is 12.4 Å². The highest BCUT2D eigenvalue weighted by Crippen LogP contribution is 2.23. The maximum Gasteiger partial charge on any atom is 0.321 e. The minimum absolute atomic E-state index is 0.117. The number of nitrogens with one attached hydrogen (secondary N) is 1. The summed E-state index contributed by atoms with van der Waals surface area (Å²) in [5.41, 5.74) is 0. The number of ether oxygens (including phenoxy) is 1. The second-order valence-corrected chi connectivity index (χ2v) is 6.92. The molecular weight excluding hydrogens is 286 g/mol. The molecule has 0 aliphatic heterocycles. The lowest BCUT2D eigenvalue weighted by Gasteiger charge is -2.24. The summed E-state index contributed by atoms with van der Waals surface area (Å²) in [7, 11) is -2.47. The van der Waals surface area contributed by atoms with Gasteiger partial charge in [0, 0.05) is 6.42 Å². The van der Waals surface area contributed by atoms with Gasteiger partial charge in [0.1, 0.15) is 6.04 Å². The average molecular weight is 307 g/mol. The number of rotatable bonds is 7. The van der Waals surface area contributed by atoms with Crippen LogP contribution in [0, 0.1) is 0 Å². The third-order valence-corrected chi connectivity index (χ3v) is 5.42. The Balaban J connectivity index is 2.63. The molecule has 0 spiro atoms. The molecule has 0 aromatic heterocycles. The molecule has 1 rings (SSSR count). The fourth-order valence-electron chi connectivity index (χ4n) is 2.27. The normalized spacial score (nSPS) is 18.4. The summed E-state index contributed by atoms with van der Waals surface area (Å²) in [5.74, 6) is -1.85. The van der Waals surface area contributed by atoms with Crippen molar-refractivity contribution < 1.29 is 27.9 Å². The third kappa shape index (κ3) is 5.09. The lowest BCUT2D eigenvalue weighted by atomic mass is 10.0. The molecular formula is C12H21NO6S. The lowest BCUT2D eigenvalue weighted by Crippen LogP contribution is -2.45. The van der Waals surface area contributed by atoms with Gasteiger partial charge in [-0.15, -0.1) is 0 Å². The highest BCUT2D eigenvalue weighted by molar-refractivity contribution is 7.90. The van der Waals surface area contributed by atoms with Gasteiger partial charge in [-0.3, -0.25) is 9.59 Å². The van der Waals surface area contributed by atoms with E-state index in [2.05, 4.69) is 9.46 Å². The zero-order chi connectivity index (χ0) is 15.2. The third-order valence-electron chi connectivity index (χ3n) is 3.46.